The number of fused-ring (bicyclic) bond motifs is 1. The summed E-state index contributed by atoms with van der Waals surface area (Å²) in [5, 5.41) is 14.2. The molecule has 0 atom stereocenters. The number of rotatable bonds is 4. The number of carbonyl (C=O) groups is 1. The van der Waals surface area contributed by atoms with Crippen molar-refractivity contribution in [1.82, 2.24) is 0 Å². The number of hydrogen-bond acceptors (Lipinski definition) is 3. The van der Waals surface area contributed by atoms with Crippen molar-refractivity contribution >= 4 is 11.6 Å². The SMILES string of the molecule is O=C(COc1cccc[n+]1[O-])Nc1ccc2c(c1)CCC2. The first-order chi connectivity index (χ1) is 10.2. The van der Waals surface area contributed by atoms with Crippen molar-refractivity contribution in [2.24, 2.45) is 0 Å². The zero-order chi connectivity index (χ0) is 14.7. The summed E-state index contributed by atoms with van der Waals surface area (Å²) in [6.07, 6.45) is 4.68. The van der Waals surface area contributed by atoms with Crippen LogP contribution in [0, 0.1) is 5.21 Å². The smallest absolute Gasteiger partial charge is 0.379 e. The predicted molar refractivity (Wildman–Crippen MR) is 78.0 cm³/mol. The van der Waals surface area contributed by atoms with Crippen molar-refractivity contribution < 1.29 is 14.3 Å². The van der Waals surface area contributed by atoms with Gasteiger partial charge in [0.05, 0.1) is 6.07 Å². The van der Waals surface area contributed by atoms with Crippen molar-refractivity contribution in [3.8, 4) is 5.88 Å². The average molecular weight is 284 g/mol. The lowest BCUT2D eigenvalue weighted by molar-refractivity contribution is -0.612. The number of pyridine rings is 1. The topological polar surface area (TPSA) is 65.3 Å². The normalized spacial score (nSPS) is 12.8. The van der Waals surface area contributed by atoms with E-state index >= 15 is 0 Å². The van der Waals surface area contributed by atoms with Gasteiger partial charge in [-0.15, -0.1) is 4.73 Å². The van der Waals surface area contributed by atoms with E-state index < -0.39 is 0 Å². The van der Waals surface area contributed by atoms with Gasteiger partial charge in [-0.2, -0.15) is 0 Å². The molecule has 1 aromatic carbocycles. The fraction of sp³-hybridized carbons (Fsp3) is 0.250. The molecule has 1 aliphatic rings. The number of benzene rings is 1. The summed E-state index contributed by atoms with van der Waals surface area (Å²) in [4.78, 5) is 11.8. The van der Waals surface area contributed by atoms with Gasteiger partial charge in [-0.25, -0.2) is 0 Å². The summed E-state index contributed by atoms with van der Waals surface area (Å²) >= 11 is 0. The third kappa shape index (κ3) is 3.13. The van der Waals surface area contributed by atoms with E-state index in [1.165, 1.54) is 29.8 Å². The number of hydrogen-bond donors (Lipinski definition) is 1. The molecule has 5 heteroatoms. The lowest BCUT2D eigenvalue weighted by atomic mass is 10.1. The van der Waals surface area contributed by atoms with Crippen LogP contribution in [-0.2, 0) is 17.6 Å². The minimum Gasteiger partial charge on any atom is -0.616 e. The monoisotopic (exact) mass is 284 g/mol. The third-order valence-corrected chi connectivity index (χ3v) is 3.52. The summed E-state index contributed by atoms with van der Waals surface area (Å²) in [5.41, 5.74) is 3.43. The van der Waals surface area contributed by atoms with E-state index in [1.54, 1.807) is 12.1 Å². The first-order valence-electron chi connectivity index (χ1n) is 6.95. The molecule has 0 bridgehead atoms. The maximum absolute atomic E-state index is 11.8. The quantitative estimate of drug-likeness (QED) is 0.688. The zero-order valence-electron chi connectivity index (χ0n) is 11.5. The van der Waals surface area contributed by atoms with Crippen LogP contribution < -0.4 is 14.8 Å². The standard InChI is InChI=1S/C16H16N2O3/c19-15(11-21-16-6-1-2-9-18(16)20)17-14-8-7-12-4-3-5-13(12)10-14/h1-2,6-10H,3-5,11H2,(H,17,19). The minimum absolute atomic E-state index is 0.113. The van der Waals surface area contributed by atoms with Gasteiger partial charge in [-0.1, -0.05) is 6.07 Å². The summed E-state index contributed by atoms with van der Waals surface area (Å²) in [5.74, 6) is -0.168. The molecule has 0 fully saturated rings. The van der Waals surface area contributed by atoms with E-state index in [4.69, 9.17) is 4.74 Å². The van der Waals surface area contributed by atoms with Crippen molar-refractivity contribution in [3.05, 3.63) is 58.9 Å². The van der Waals surface area contributed by atoms with Gasteiger partial charge in [0, 0.05) is 11.8 Å². The average Bonchev–Trinajstić information content (AvgIpc) is 2.94. The molecule has 1 amide bonds. The molecule has 2 aromatic rings. The van der Waals surface area contributed by atoms with Crippen LogP contribution in [0.1, 0.15) is 17.5 Å². The molecule has 5 nitrogen and oxygen atoms in total. The second-order valence-corrected chi connectivity index (χ2v) is 5.04. The molecule has 1 aromatic heterocycles. The van der Waals surface area contributed by atoms with E-state index in [2.05, 4.69) is 11.4 Å². The number of carbonyl (C=O) groups excluding carboxylic acids is 1. The van der Waals surface area contributed by atoms with Crippen molar-refractivity contribution in [2.75, 3.05) is 11.9 Å². The molecule has 0 aliphatic heterocycles. The number of ether oxygens (including phenoxy) is 1. The molecular weight excluding hydrogens is 268 g/mol. The maximum atomic E-state index is 11.8. The minimum atomic E-state index is -0.281. The van der Waals surface area contributed by atoms with Crippen LogP contribution >= 0.6 is 0 Å². The van der Waals surface area contributed by atoms with Gasteiger partial charge in [0.25, 0.3) is 5.91 Å². The summed E-state index contributed by atoms with van der Waals surface area (Å²) in [7, 11) is 0. The highest BCUT2D eigenvalue weighted by Crippen LogP contribution is 2.24. The van der Waals surface area contributed by atoms with E-state index in [9.17, 15) is 10.0 Å². The van der Waals surface area contributed by atoms with Gasteiger partial charge in [0.1, 0.15) is 0 Å². The van der Waals surface area contributed by atoms with E-state index in [0.717, 1.165) is 18.5 Å². The van der Waals surface area contributed by atoms with Crippen molar-refractivity contribution in [1.29, 1.82) is 0 Å². The Bertz CT molecular complexity index is 670. The second kappa shape index (κ2) is 5.83. The first kappa shape index (κ1) is 13.4. The Morgan fingerprint density at radius 2 is 2.10 bits per heavy atom. The van der Waals surface area contributed by atoms with Gasteiger partial charge in [-0.3, -0.25) is 4.79 Å². The predicted octanol–water partition coefficient (Wildman–Crippen LogP) is 1.83. The van der Waals surface area contributed by atoms with Crippen LogP contribution in [0.3, 0.4) is 0 Å². The van der Waals surface area contributed by atoms with Crippen LogP contribution in [-0.4, -0.2) is 12.5 Å². The van der Waals surface area contributed by atoms with E-state index in [-0.39, 0.29) is 18.4 Å². The highest BCUT2D eigenvalue weighted by Gasteiger charge is 2.13. The molecule has 1 N–H and O–H groups in total. The molecular formula is C16H16N2O3. The first-order valence-corrected chi connectivity index (χ1v) is 6.95. The van der Waals surface area contributed by atoms with Gasteiger partial charge >= 0.3 is 5.88 Å². The largest absolute Gasteiger partial charge is 0.616 e. The second-order valence-electron chi connectivity index (χ2n) is 5.04. The Balaban J connectivity index is 1.58. The number of aromatic nitrogens is 1. The molecule has 0 saturated heterocycles. The molecule has 0 saturated carbocycles. The van der Waals surface area contributed by atoms with Gasteiger partial charge < -0.3 is 15.3 Å². The Morgan fingerprint density at radius 1 is 1.24 bits per heavy atom. The Hall–Kier alpha value is -2.56. The van der Waals surface area contributed by atoms with Gasteiger partial charge in [0.15, 0.2) is 12.8 Å². The summed E-state index contributed by atoms with van der Waals surface area (Å²) in [6.45, 7) is -0.191. The van der Waals surface area contributed by atoms with Crippen LogP contribution in [0.5, 0.6) is 5.88 Å². The fourth-order valence-electron chi connectivity index (χ4n) is 2.51. The molecule has 0 unspecified atom stereocenters. The molecule has 108 valence electrons. The molecule has 3 rings (SSSR count). The Morgan fingerprint density at radius 3 is 2.95 bits per heavy atom. The van der Waals surface area contributed by atoms with Crippen LogP contribution in [0.4, 0.5) is 5.69 Å². The number of anilines is 1. The number of amides is 1. The number of nitrogens with one attached hydrogen (secondary N) is 1. The molecule has 1 aliphatic carbocycles. The molecule has 0 spiro atoms. The van der Waals surface area contributed by atoms with Gasteiger partial charge in [0.2, 0.25) is 0 Å². The van der Waals surface area contributed by atoms with Crippen LogP contribution in [0.2, 0.25) is 0 Å². The molecule has 0 radical (unpaired) electrons. The van der Waals surface area contributed by atoms with E-state index in [0.29, 0.717) is 4.73 Å². The fourth-order valence-corrected chi connectivity index (χ4v) is 2.51. The Kier molecular flexibility index (Phi) is 3.73. The summed E-state index contributed by atoms with van der Waals surface area (Å²) in [6, 6.07) is 10.8. The third-order valence-electron chi connectivity index (χ3n) is 3.52. The van der Waals surface area contributed by atoms with Crippen molar-refractivity contribution in [2.45, 2.75) is 19.3 Å². The lowest BCUT2D eigenvalue weighted by Crippen LogP contribution is -2.30. The molecule has 1 heterocycles. The van der Waals surface area contributed by atoms with Crippen LogP contribution in [0.15, 0.2) is 42.6 Å². The van der Waals surface area contributed by atoms with Crippen LogP contribution in [0.25, 0.3) is 0 Å². The lowest BCUT2D eigenvalue weighted by Gasteiger charge is -2.08. The number of aryl methyl sites for hydroxylation is 2. The van der Waals surface area contributed by atoms with Crippen molar-refractivity contribution in [3.63, 3.8) is 0 Å². The molecule has 21 heavy (non-hydrogen) atoms. The Labute approximate surface area is 122 Å². The maximum Gasteiger partial charge on any atom is 0.379 e. The number of nitrogens with zero attached hydrogens (tertiary/aromatic N) is 1. The van der Waals surface area contributed by atoms with E-state index in [1.807, 2.05) is 12.1 Å². The highest BCUT2D eigenvalue weighted by molar-refractivity contribution is 5.92. The van der Waals surface area contributed by atoms with Gasteiger partial charge in [-0.05, 0) is 48.6 Å². The summed E-state index contributed by atoms with van der Waals surface area (Å²) < 4.78 is 5.79. The zero-order valence-corrected chi connectivity index (χ0v) is 11.5. The highest BCUT2D eigenvalue weighted by atomic mass is 16.6.